The van der Waals surface area contributed by atoms with E-state index in [1.807, 2.05) is 36.4 Å². The molecule has 2 heterocycles. The molecule has 1 atom stereocenters. The number of fused-ring (bicyclic) bond motifs is 3. The van der Waals surface area contributed by atoms with Gasteiger partial charge in [0, 0.05) is 16.2 Å². The summed E-state index contributed by atoms with van der Waals surface area (Å²) in [6.07, 6.45) is 0.459. The molecule has 0 radical (unpaired) electrons. The lowest BCUT2D eigenvalue weighted by atomic mass is 10.0. The van der Waals surface area contributed by atoms with Crippen LogP contribution in [-0.4, -0.2) is 12.9 Å². The monoisotopic (exact) mass is 450 g/mol. The first-order valence-electron chi connectivity index (χ1n) is 10.9. The molecule has 0 saturated heterocycles. The zero-order valence-electron chi connectivity index (χ0n) is 18.1. The van der Waals surface area contributed by atoms with Crippen LogP contribution in [0.5, 0.6) is 11.5 Å². The number of amidine groups is 1. The van der Waals surface area contributed by atoms with Crippen LogP contribution in [0.2, 0.25) is 0 Å². The summed E-state index contributed by atoms with van der Waals surface area (Å²) in [7, 11) is 1.68. The number of para-hydroxylation sites is 4. The van der Waals surface area contributed by atoms with Crippen molar-refractivity contribution in [2.24, 2.45) is 4.99 Å². The molecule has 1 unspecified atom stereocenters. The molecule has 5 heteroatoms. The van der Waals surface area contributed by atoms with Crippen LogP contribution in [0, 0.1) is 0 Å². The van der Waals surface area contributed by atoms with Crippen molar-refractivity contribution in [3.63, 3.8) is 0 Å². The largest absolute Gasteiger partial charge is 0.497 e. The summed E-state index contributed by atoms with van der Waals surface area (Å²) < 4.78 is 11.9. The quantitative estimate of drug-likeness (QED) is 0.316. The lowest BCUT2D eigenvalue weighted by Gasteiger charge is -2.34. The maximum atomic E-state index is 6.53. The van der Waals surface area contributed by atoms with E-state index in [4.69, 9.17) is 14.5 Å². The number of benzene rings is 4. The van der Waals surface area contributed by atoms with Gasteiger partial charge in [-0.3, -0.25) is 4.90 Å². The van der Waals surface area contributed by atoms with Crippen LogP contribution in [0.15, 0.2) is 112 Å². The van der Waals surface area contributed by atoms with Gasteiger partial charge in [0.15, 0.2) is 0 Å². The van der Waals surface area contributed by atoms with Gasteiger partial charge in [-0.1, -0.05) is 60.3 Å². The fourth-order valence-corrected chi connectivity index (χ4v) is 5.38. The van der Waals surface area contributed by atoms with Crippen molar-refractivity contribution in [1.82, 2.24) is 0 Å². The molecule has 0 N–H and O–H groups in total. The van der Waals surface area contributed by atoms with Crippen molar-refractivity contribution in [1.29, 1.82) is 0 Å². The molecular weight excluding hydrogens is 428 g/mol. The molecule has 0 bridgehead atoms. The number of ether oxygens (including phenoxy) is 2. The van der Waals surface area contributed by atoms with E-state index in [2.05, 4.69) is 65.6 Å². The standard InChI is InChI=1S/C28H22N2O2S/c1-31-20-16-14-19(15-17-20)25-18-28(29-21-8-2-5-11-24(21)32-25)30-22-9-3-6-12-26(22)33-27-13-7-4-10-23(27)30/h2-17,25H,18H2,1H3. The first-order valence-corrected chi connectivity index (χ1v) is 11.7. The molecule has 33 heavy (non-hydrogen) atoms. The second kappa shape index (κ2) is 8.34. The predicted octanol–water partition coefficient (Wildman–Crippen LogP) is 7.55. The average Bonchev–Trinajstić information content (AvgIpc) is 3.07. The molecule has 0 fully saturated rings. The summed E-state index contributed by atoms with van der Waals surface area (Å²) in [6, 6.07) is 33.1. The van der Waals surface area contributed by atoms with Crippen molar-refractivity contribution in [2.45, 2.75) is 22.3 Å². The average molecular weight is 451 g/mol. The highest BCUT2D eigenvalue weighted by atomic mass is 32.2. The first-order chi connectivity index (χ1) is 16.3. The summed E-state index contributed by atoms with van der Waals surface area (Å²) >= 11 is 1.80. The topological polar surface area (TPSA) is 34.1 Å². The molecule has 4 aromatic rings. The van der Waals surface area contributed by atoms with Crippen molar-refractivity contribution in [3.8, 4) is 11.5 Å². The molecule has 0 saturated carbocycles. The molecule has 6 rings (SSSR count). The number of rotatable bonds is 2. The Labute approximate surface area is 197 Å². The van der Waals surface area contributed by atoms with E-state index in [9.17, 15) is 0 Å². The lowest BCUT2D eigenvalue weighted by Crippen LogP contribution is -2.30. The van der Waals surface area contributed by atoms with Crippen LogP contribution in [0.4, 0.5) is 17.1 Å². The summed E-state index contributed by atoms with van der Waals surface area (Å²) in [5.41, 5.74) is 4.23. The zero-order valence-corrected chi connectivity index (χ0v) is 19.0. The number of methoxy groups -OCH3 is 1. The molecule has 0 aromatic heterocycles. The number of hydrogen-bond donors (Lipinski definition) is 0. The predicted molar refractivity (Wildman–Crippen MR) is 134 cm³/mol. The van der Waals surface area contributed by atoms with Crippen molar-refractivity contribution in [2.75, 3.05) is 12.0 Å². The molecule has 0 aliphatic carbocycles. The van der Waals surface area contributed by atoms with Crippen LogP contribution in [0.25, 0.3) is 0 Å². The van der Waals surface area contributed by atoms with Gasteiger partial charge in [-0.15, -0.1) is 0 Å². The minimum Gasteiger partial charge on any atom is -0.497 e. The number of aliphatic imine (C=N–C) groups is 1. The second-order valence-electron chi connectivity index (χ2n) is 7.95. The highest BCUT2D eigenvalue weighted by molar-refractivity contribution is 7.99. The Kier molecular flexibility index (Phi) is 5.04. The van der Waals surface area contributed by atoms with Crippen LogP contribution in [0.1, 0.15) is 18.1 Å². The van der Waals surface area contributed by atoms with Gasteiger partial charge in [0.1, 0.15) is 29.1 Å². The number of hydrogen-bond acceptors (Lipinski definition) is 5. The van der Waals surface area contributed by atoms with E-state index in [1.165, 1.54) is 9.79 Å². The summed E-state index contributed by atoms with van der Waals surface area (Å²) in [6.45, 7) is 0. The molecule has 162 valence electrons. The zero-order chi connectivity index (χ0) is 22.2. The van der Waals surface area contributed by atoms with Crippen LogP contribution in [-0.2, 0) is 0 Å². The molecule has 0 spiro atoms. The third-order valence-electron chi connectivity index (χ3n) is 5.93. The maximum absolute atomic E-state index is 6.53. The summed E-state index contributed by atoms with van der Waals surface area (Å²) in [4.78, 5) is 9.89. The Morgan fingerprint density at radius 1 is 0.818 bits per heavy atom. The highest BCUT2D eigenvalue weighted by Gasteiger charge is 2.31. The van der Waals surface area contributed by atoms with Crippen molar-refractivity contribution >= 4 is 34.7 Å². The van der Waals surface area contributed by atoms with Gasteiger partial charge in [-0.25, -0.2) is 4.99 Å². The van der Waals surface area contributed by atoms with Gasteiger partial charge in [-0.05, 0) is 54.1 Å². The fourth-order valence-electron chi connectivity index (χ4n) is 4.32. The lowest BCUT2D eigenvalue weighted by molar-refractivity contribution is 0.217. The molecular formula is C28H22N2O2S. The van der Waals surface area contributed by atoms with E-state index in [1.54, 1.807) is 18.9 Å². The van der Waals surface area contributed by atoms with Crippen molar-refractivity contribution < 1.29 is 9.47 Å². The SMILES string of the molecule is COc1ccc(C2CC(N3c4ccccc4Sc4ccccc43)=Nc3ccccc3O2)cc1. The molecule has 0 amide bonds. The van der Waals surface area contributed by atoms with E-state index in [-0.39, 0.29) is 6.10 Å². The Morgan fingerprint density at radius 2 is 1.45 bits per heavy atom. The second-order valence-corrected chi connectivity index (χ2v) is 9.04. The normalized spacial score (nSPS) is 16.5. The Bertz CT molecular complexity index is 1300. The third kappa shape index (κ3) is 3.64. The van der Waals surface area contributed by atoms with E-state index in [0.717, 1.165) is 40.0 Å². The van der Waals surface area contributed by atoms with E-state index < -0.39 is 0 Å². The third-order valence-corrected chi connectivity index (χ3v) is 7.06. The van der Waals surface area contributed by atoms with Gasteiger partial charge in [0.05, 0.1) is 18.5 Å². The highest BCUT2D eigenvalue weighted by Crippen LogP contribution is 2.49. The van der Waals surface area contributed by atoms with Crippen LogP contribution in [0.3, 0.4) is 0 Å². The van der Waals surface area contributed by atoms with Crippen LogP contribution < -0.4 is 14.4 Å². The van der Waals surface area contributed by atoms with Gasteiger partial charge in [-0.2, -0.15) is 0 Å². The Hall–Kier alpha value is -3.70. The molecule has 2 aliphatic rings. The molecule has 2 aliphatic heterocycles. The maximum Gasteiger partial charge on any atom is 0.145 e. The Morgan fingerprint density at radius 3 is 2.15 bits per heavy atom. The smallest absolute Gasteiger partial charge is 0.145 e. The number of nitrogens with zero attached hydrogens (tertiary/aromatic N) is 2. The fraction of sp³-hybridized carbons (Fsp3) is 0.107. The molecule has 4 aromatic carbocycles. The Balaban J connectivity index is 1.50. The van der Waals surface area contributed by atoms with Gasteiger partial charge in [0.25, 0.3) is 0 Å². The molecule has 4 nitrogen and oxygen atoms in total. The van der Waals surface area contributed by atoms with Gasteiger partial charge in [0.2, 0.25) is 0 Å². The van der Waals surface area contributed by atoms with Gasteiger partial charge < -0.3 is 9.47 Å². The van der Waals surface area contributed by atoms with Crippen LogP contribution >= 0.6 is 11.8 Å². The van der Waals surface area contributed by atoms with Gasteiger partial charge >= 0.3 is 0 Å². The first kappa shape index (κ1) is 19.9. The minimum absolute atomic E-state index is 0.174. The summed E-state index contributed by atoms with van der Waals surface area (Å²) in [5, 5.41) is 0. The van der Waals surface area contributed by atoms with E-state index >= 15 is 0 Å². The minimum atomic E-state index is -0.174. The van der Waals surface area contributed by atoms with E-state index in [0.29, 0.717) is 6.42 Å². The van der Waals surface area contributed by atoms with Crippen molar-refractivity contribution in [3.05, 3.63) is 103 Å². The number of anilines is 2. The summed E-state index contributed by atoms with van der Waals surface area (Å²) in [5.74, 6) is 2.58.